The number of hydrogen-bond donors (Lipinski definition) is 1. The van der Waals surface area contributed by atoms with E-state index in [1.54, 1.807) is 54.6 Å². The van der Waals surface area contributed by atoms with Crippen molar-refractivity contribution in [2.24, 2.45) is 0 Å². The number of imide groups is 1. The fourth-order valence-electron chi connectivity index (χ4n) is 2.25. The molecule has 1 saturated heterocycles. The number of hydrogen-bond acceptors (Lipinski definition) is 4. The largest absolute Gasteiger partial charge is 0.325 e. The molecule has 0 radical (unpaired) electrons. The molecule has 1 aliphatic heterocycles. The van der Waals surface area contributed by atoms with E-state index in [4.69, 9.17) is 11.6 Å². The van der Waals surface area contributed by atoms with Crippen molar-refractivity contribution in [2.45, 2.75) is 0 Å². The average Bonchev–Trinajstić information content (AvgIpc) is 2.86. The summed E-state index contributed by atoms with van der Waals surface area (Å²) in [5, 5.41) is 2.65. The maximum Gasteiger partial charge on any atom is 0.294 e. The number of anilines is 1. The van der Waals surface area contributed by atoms with Crippen molar-refractivity contribution in [3.63, 3.8) is 0 Å². The lowest BCUT2D eigenvalue weighted by Gasteiger charge is -2.12. The van der Waals surface area contributed by atoms with Crippen LogP contribution in [0.2, 0.25) is 5.02 Å². The number of carbonyl (C=O) groups is 3. The fraction of sp³-hybridized carbons (Fsp3) is 0.0556. The Hall–Kier alpha value is -2.09. The van der Waals surface area contributed by atoms with Crippen LogP contribution in [-0.4, -0.2) is 28.5 Å². The van der Waals surface area contributed by atoms with Crippen LogP contribution >= 0.6 is 39.3 Å². The lowest BCUT2D eigenvalue weighted by molar-refractivity contribution is -0.127. The van der Waals surface area contributed by atoms with Crippen molar-refractivity contribution in [3.05, 3.63) is 68.5 Å². The number of rotatable bonds is 4. The molecule has 2 aromatic rings. The van der Waals surface area contributed by atoms with E-state index in [1.807, 2.05) is 0 Å². The van der Waals surface area contributed by atoms with Crippen LogP contribution in [0.5, 0.6) is 0 Å². The molecule has 26 heavy (non-hydrogen) atoms. The summed E-state index contributed by atoms with van der Waals surface area (Å²) in [7, 11) is 0. The summed E-state index contributed by atoms with van der Waals surface area (Å²) in [5.41, 5.74) is 1.22. The van der Waals surface area contributed by atoms with Gasteiger partial charge in [-0.2, -0.15) is 0 Å². The highest BCUT2D eigenvalue weighted by atomic mass is 79.9. The average molecular weight is 452 g/mol. The highest BCUT2D eigenvalue weighted by molar-refractivity contribution is 9.10. The van der Waals surface area contributed by atoms with E-state index in [0.29, 0.717) is 16.3 Å². The Kier molecular flexibility index (Phi) is 5.80. The van der Waals surface area contributed by atoms with Crippen LogP contribution in [0.1, 0.15) is 5.56 Å². The van der Waals surface area contributed by atoms with E-state index in [1.165, 1.54) is 0 Å². The highest BCUT2D eigenvalue weighted by Gasteiger charge is 2.36. The number of nitrogens with zero attached hydrogens (tertiary/aromatic N) is 1. The molecule has 5 nitrogen and oxygen atoms in total. The smallest absolute Gasteiger partial charge is 0.294 e. The molecule has 0 bridgehead atoms. The van der Waals surface area contributed by atoms with Gasteiger partial charge >= 0.3 is 0 Å². The summed E-state index contributed by atoms with van der Waals surface area (Å²) in [6.07, 6.45) is 1.56. The second kappa shape index (κ2) is 8.07. The van der Waals surface area contributed by atoms with E-state index in [2.05, 4.69) is 21.2 Å². The molecule has 1 N–H and O–H groups in total. The Bertz CT molecular complexity index is 915. The van der Waals surface area contributed by atoms with Gasteiger partial charge in [-0.1, -0.05) is 45.7 Å². The second-order valence-corrected chi connectivity index (χ2v) is 7.66. The first-order chi connectivity index (χ1) is 12.4. The highest BCUT2D eigenvalue weighted by Crippen LogP contribution is 2.33. The van der Waals surface area contributed by atoms with E-state index in [9.17, 15) is 14.4 Å². The maximum atomic E-state index is 12.5. The first kappa shape index (κ1) is 18.7. The lowest BCUT2D eigenvalue weighted by Crippen LogP contribution is -2.36. The van der Waals surface area contributed by atoms with Crippen LogP contribution < -0.4 is 5.32 Å². The van der Waals surface area contributed by atoms with E-state index < -0.39 is 17.1 Å². The monoisotopic (exact) mass is 450 g/mol. The molecule has 0 saturated carbocycles. The predicted octanol–water partition coefficient (Wildman–Crippen LogP) is 4.78. The van der Waals surface area contributed by atoms with Gasteiger partial charge in [0.25, 0.3) is 11.1 Å². The number of carbonyl (C=O) groups excluding carboxylic acids is 3. The Labute approximate surface area is 167 Å². The SMILES string of the molecule is O=C(CN1C(=O)S/C(=C/c2ccccc2Cl)C1=O)Nc1ccc(Br)cc1. The third-order valence-electron chi connectivity index (χ3n) is 3.50. The number of nitrogens with one attached hydrogen (secondary N) is 1. The molecule has 2 aromatic carbocycles. The molecule has 1 heterocycles. The first-order valence-electron chi connectivity index (χ1n) is 7.49. The van der Waals surface area contributed by atoms with Gasteiger partial charge in [0.1, 0.15) is 6.54 Å². The van der Waals surface area contributed by atoms with Gasteiger partial charge in [-0.25, -0.2) is 0 Å². The van der Waals surface area contributed by atoms with Crippen molar-refractivity contribution in [1.29, 1.82) is 0 Å². The number of halogens is 2. The van der Waals surface area contributed by atoms with Crippen LogP contribution in [0.25, 0.3) is 6.08 Å². The van der Waals surface area contributed by atoms with E-state index >= 15 is 0 Å². The summed E-state index contributed by atoms with van der Waals surface area (Å²) in [6, 6.07) is 14.0. The number of thioether (sulfide) groups is 1. The van der Waals surface area contributed by atoms with Crippen molar-refractivity contribution in [3.8, 4) is 0 Å². The molecule has 132 valence electrons. The van der Waals surface area contributed by atoms with Gasteiger partial charge in [-0.05, 0) is 53.7 Å². The molecule has 0 atom stereocenters. The zero-order valence-electron chi connectivity index (χ0n) is 13.2. The third kappa shape index (κ3) is 4.35. The summed E-state index contributed by atoms with van der Waals surface area (Å²) < 4.78 is 0.881. The van der Waals surface area contributed by atoms with Gasteiger partial charge in [-0.15, -0.1) is 0 Å². The zero-order valence-corrected chi connectivity index (χ0v) is 16.4. The molecule has 1 aliphatic rings. The Morgan fingerprint density at radius 3 is 2.54 bits per heavy atom. The minimum absolute atomic E-state index is 0.236. The predicted molar refractivity (Wildman–Crippen MR) is 107 cm³/mol. The maximum absolute atomic E-state index is 12.5. The normalized spacial score (nSPS) is 15.6. The third-order valence-corrected chi connectivity index (χ3v) is 5.28. The van der Waals surface area contributed by atoms with Crippen molar-refractivity contribution in [1.82, 2.24) is 4.90 Å². The minimum atomic E-state index is -0.508. The summed E-state index contributed by atoms with van der Waals surface area (Å²) in [4.78, 5) is 37.9. The van der Waals surface area contributed by atoms with Crippen LogP contribution in [0.3, 0.4) is 0 Å². The van der Waals surface area contributed by atoms with Gasteiger partial charge in [0.05, 0.1) is 4.91 Å². The minimum Gasteiger partial charge on any atom is -0.325 e. The summed E-state index contributed by atoms with van der Waals surface area (Å²) >= 11 is 10.2. The topological polar surface area (TPSA) is 66.5 Å². The molecule has 0 aliphatic carbocycles. The molecule has 1 fully saturated rings. The molecular formula is C18H12BrClN2O3S. The molecule has 0 spiro atoms. The molecule has 3 amide bonds. The van der Waals surface area contributed by atoms with Crippen LogP contribution in [0, 0.1) is 0 Å². The van der Waals surface area contributed by atoms with Gasteiger partial charge in [0.2, 0.25) is 5.91 Å². The lowest BCUT2D eigenvalue weighted by atomic mass is 10.2. The molecule has 3 rings (SSSR count). The molecular weight excluding hydrogens is 440 g/mol. The van der Waals surface area contributed by atoms with Crippen LogP contribution in [0.15, 0.2) is 57.9 Å². The second-order valence-electron chi connectivity index (χ2n) is 5.34. The molecule has 0 unspecified atom stereocenters. The quantitative estimate of drug-likeness (QED) is 0.680. The van der Waals surface area contributed by atoms with Crippen molar-refractivity contribution in [2.75, 3.05) is 11.9 Å². The summed E-state index contributed by atoms with van der Waals surface area (Å²) in [6.45, 7) is -0.347. The Morgan fingerprint density at radius 2 is 1.85 bits per heavy atom. The zero-order chi connectivity index (χ0) is 18.7. The molecule has 8 heteroatoms. The fourth-order valence-corrected chi connectivity index (χ4v) is 3.53. The summed E-state index contributed by atoms with van der Waals surface area (Å²) in [5.74, 6) is -0.959. The Morgan fingerprint density at radius 1 is 1.15 bits per heavy atom. The standard InChI is InChI=1S/C18H12BrClN2O3S/c19-12-5-7-13(8-6-12)21-16(23)10-22-17(24)15(26-18(22)25)9-11-3-1-2-4-14(11)20/h1-9H,10H2,(H,21,23)/b15-9+. The Balaban J connectivity index is 1.70. The number of amides is 3. The van der Waals surface area contributed by atoms with E-state index in [0.717, 1.165) is 21.1 Å². The van der Waals surface area contributed by atoms with Gasteiger partial charge in [-0.3, -0.25) is 19.3 Å². The van der Waals surface area contributed by atoms with Gasteiger partial charge in [0, 0.05) is 15.2 Å². The number of benzene rings is 2. The first-order valence-corrected chi connectivity index (χ1v) is 9.48. The van der Waals surface area contributed by atoms with E-state index in [-0.39, 0.29) is 11.4 Å². The molecule has 0 aromatic heterocycles. The van der Waals surface area contributed by atoms with Crippen molar-refractivity contribution < 1.29 is 14.4 Å². The van der Waals surface area contributed by atoms with Crippen LogP contribution in [0.4, 0.5) is 10.5 Å². The van der Waals surface area contributed by atoms with Gasteiger partial charge in [0.15, 0.2) is 0 Å². The van der Waals surface area contributed by atoms with Crippen LogP contribution in [-0.2, 0) is 9.59 Å². The van der Waals surface area contributed by atoms with Gasteiger partial charge < -0.3 is 5.32 Å². The van der Waals surface area contributed by atoms with Crippen molar-refractivity contribution >= 4 is 68.1 Å².